The normalized spacial score (nSPS) is 10.5. The Morgan fingerprint density at radius 1 is 1.38 bits per heavy atom. The topological polar surface area (TPSA) is 88.7 Å². The second-order valence-corrected chi connectivity index (χ2v) is 4.95. The lowest BCUT2D eigenvalue weighted by atomic mass is 10.3. The highest BCUT2D eigenvalue weighted by molar-refractivity contribution is 5.85. The number of benzene rings is 1. The van der Waals surface area contributed by atoms with Gasteiger partial charge in [-0.1, -0.05) is 12.1 Å². The molecule has 9 heteroatoms. The van der Waals surface area contributed by atoms with E-state index in [0.717, 1.165) is 6.42 Å². The van der Waals surface area contributed by atoms with Gasteiger partial charge in [-0.05, 0) is 37.2 Å². The summed E-state index contributed by atoms with van der Waals surface area (Å²) in [6.07, 6.45) is 0.821. The predicted octanol–water partition coefficient (Wildman–Crippen LogP) is 2.51. The molecule has 2 aromatic rings. The quantitative estimate of drug-likeness (QED) is 0.735. The number of halogens is 2. The Labute approximate surface area is 144 Å². The Morgan fingerprint density at radius 2 is 2.08 bits per heavy atom. The van der Waals surface area contributed by atoms with Gasteiger partial charge in [0, 0.05) is 0 Å². The minimum Gasteiger partial charge on any atom is -0.485 e. The molecule has 0 saturated heterocycles. The van der Waals surface area contributed by atoms with Crippen molar-refractivity contribution in [2.75, 3.05) is 13.1 Å². The van der Waals surface area contributed by atoms with E-state index in [-0.39, 0.29) is 37.9 Å². The first-order valence-corrected chi connectivity index (χ1v) is 7.20. The number of hydrogen-bond donors (Lipinski definition) is 1. The highest BCUT2D eigenvalue weighted by atomic mass is 35.5. The second-order valence-electron chi connectivity index (χ2n) is 4.95. The summed E-state index contributed by atoms with van der Waals surface area (Å²) in [5.74, 6) is -0.0729. The van der Waals surface area contributed by atoms with Crippen LogP contribution >= 0.6 is 12.4 Å². The van der Waals surface area contributed by atoms with Gasteiger partial charge in [-0.25, -0.2) is 4.39 Å². The number of aromatic nitrogens is 2. The maximum absolute atomic E-state index is 12.8. The van der Waals surface area contributed by atoms with Crippen LogP contribution < -0.4 is 4.74 Å². The third kappa shape index (κ3) is 6.51. The summed E-state index contributed by atoms with van der Waals surface area (Å²) in [7, 11) is 0. The van der Waals surface area contributed by atoms with E-state index < -0.39 is 5.97 Å². The lowest BCUT2D eigenvalue weighted by molar-refractivity contribution is -0.138. The van der Waals surface area contributed by atoms with Crippen LogP contribution in [-0.4, -0.2) is 39.2 Å². The van der Waals surface area contributed by atoms with Crippen LogP contribution in [0.2, 0.25) is 0 Å². The number of ether oxygens (including phenoxy) is 1. The van der Waals surface area contributed by atoms with Gasteiger partial charge in [0.25, 0.3) is 0 Å². The molecule has 0 unspecified atom stereocenters. The molecule has 0 atom stereocenters. The van der Waals surface area contributed by atoms with E-state index in [9.17, 15) is 9.18 Å². The molecule has 24 heavy (non-hydrogen) atoms. The van der Waals surface area contributed by atoms with Crippen molar-refractivity contribution < 1.29 is 23.6 Å². The van der Waals surface area contributed by atoms with Crippen LogP contribution in [0.15, 0.2) is 28.8 Å². The molecule has 0 saturated carbocycles. The molecule has 2 rings (SSSR count). The van der Waals surface area contributed by atoms with Crippen molar-refractivity contribution in [3.05, 3.63) is 41.8 Å². The fraction of sp³-hybridized carbons (Fsp3) is 0.400. The average molecular weight is 360 g/mol. The summed E-state index contributed by atoms with van der Waals surface area (Å²) in [6, 6.07) is 5.61. The zero-order valence-corrected chi connectivity index (χ0v) is 14.0. The van der Waals surface area contributed by atoms with Crippen molar-refractivity contribution in [1.29, 1.82) is 0 Å². The highest BCUT2D eigenvalue weighted by Gasteiger charge is 2.14. The van der Waals surface area contributed by atoms with Crippen molar-refractivity contribution in [3.8, 4) is 5.75 Å². The molecular formula is C15H19ClFN3O4. The summed E-state index contributed by atoms with van der Waals surface area (Å²) in [5.41, 5.74) is 0. The van der Waals surface area contributed by atoms with Gasteiger partial charge in [0.05, 0.1) is 13.1 Å². The van der Waals surface area contributed by atoms with Crippen LogP contribution in [0, 0.1) is 5.82 Å². The maximum Gasteiger partial charge on any atom is 0.317 e. The van der Waals surface area contributed by atoms with Crippen LogP contribution in [-0.2, 0) is 17.9 Å². The highest BCUT2D eigenvalue weighted by Crippen LogP contribution is 2.13. The molecule has 1 aromatic carbocycles. The van der Waals surface area contributed by atoms with Crippen LogP contribution in [0.1, 0.15) is 25.1 Å². The molecule has 0 fully saturated rings. The number of hydrogen-bond acceptors (Lipinski definition) is 6. The van der Waals surface area contributed by atoms with Crippen LogP contribution in [0.3, 0.4) is 0 Å². The second kappa shape index (κ2) is 9.84. The van der Waals surface area contributed by atoms with E-state index in [1.807, 2.05) is 6.92 Å². The summed E-state index contributed by atoms with van der Waals surface area (Å²) in [6.45, 7) is 2.85. The Balaban J connectivity index is 0.00000288. The van der Waals surface area contributed by atoms with Crippen LogP contribution in [0.4, 0.5) is 4.39 Å². The monoisotopic (exact) mass is 359 g/mol. The van der Waals surface area contributed by atoms with Gasteiger partial charge in [-0.15, -0.1) is 12.4 Å². The first-order valence-electron chi connectivity index (χ1n) is 7.20. The van der Waals surface area contributed by atoms with Gasteiger partial charge in [0.1, 0.15) is 11.6 Å². The number of rotatable bonds is 9. The van der Waals surface area contributed by atoms with Crippen molar-refractivity contribution in [3.63, 3.8) is 0 Å². The summed E-state index contributed by atoms with van der Waals surface area (Å²) in [4.78, 5) is 16.7. The third-order valence-electron chi connectivity index (χ3n) is 2.95. The largest absolute Gasteiger partial charge is 0.485 e. The minimum atomic E-state index is -0.905. The van der Waals surface area contributed by atoms with E-state index in [4.69, 9.17) is 14.4 Å². The van der Waals surface area contributed by atoms with Crippen LogP contribution in [0.25, 0.3) is 0 Å². The lowest BCUT2D eigenvalue weighted by Gasteiger charge is -2.16. The first-order chi connectivity index (χ1) is 11.1. The molecule has 0 aliphatic heterocycles. The predicted molar refractivity (Wildman–Crippen MR) is 85.5 cm³/mol. The van der Waals surface area contributed by atoms with Crippen molar-refractivity contribution in [1.82, 2.24) is 15.0 Å². The van der Waals surface area contributed by atoms with Gasteiger partial charge in [0.2, 0.25) is 11.7 Å². The average Bonchev–Trinajstić information content (AvgIpc) is 2.94. The summed E-state index contributed by atoms with van der Waals surface area (Å²) in [5, 5.41) is 12.7. The van der Waals surface area contributed by atoms with Crippen molar-refractivity contribution in [2.24, 2.45) is 0 Å². The smallest absolute Gasteiger partial charge is 0.317 e. The third-order valence-corrected chi connectivity index (χ3v) is 2.95. The molecule has 132 valence electrons. The van der Waals surface area contributed by atoms with Gasteiger partial charge in [-0.3, -0.25) is 9.69 Å². The van der Waals surface area contributed by atoms with Gasteiger partial charge < -0.3 is 14.4 Å². The number of carboxylic acid groups (broad SMARTS) is 1. The zero-order valence-electron chi connectivity index (χ0n) is 13.1. The van der Waals surface area contributed by atoms with Crippen LogP contribution in [0.5, 0.6) is 5.75 Å². The van der Waals surface area contributed by atoms with E-state index >= 15 is 0 Å². The molecule has 7 nitrogen and oxygen atoms in total. The fourth-order valence-corrected chi connectivity index (χ4v) is 2.00. The SMILES string of the molecule is CCCN(CC(=O)O)Cc1nc(COc2ccc(F)cc2)no1.Cl. The van der Waals surface area contributed by atoms with E-state index in [0.29, 0.717) is 24.0 Å². The Bertz CT molecular complexity index is 636. The van der Waals surface area contributed by atoms with E-state index in [2.05, 4.69) is 10.1 Å². The Hall–Kier alpha value is -2.19. The molecule has 1 N–H and O–H groups in total. The van der Waals surface area contributed by atoms with E-state index in [1.54, 1.807) is 4.90 Å². The van der Waals surface area contributed by atoms with Gasteiger partial charge in [0.15, 0.2) is 6.61 Å². The molecular weight excluding hydrogens is 341 g/mol. The van der Waals surface area contributed by atoms with Gasteiger partial charge >= 0.3 is 5.97 Å². The standard InChI is InChI=1S/C15H18FN3O4.ClH/c1-2-7-19(9-15(20)21)8-14-17-13(18-23-14)10-22-12-5-3-11(16)4-6-12;/h3-6H,2,7-10H2,1H3,(H,20,21);1H. The molecule has 0 bridgehead atoms. The molecule has 1 heterocycles. The maximum atomic E-state index is 12.8. The minimum absolute atomic E-state index is 0. The van der Waals surface area contributed by atoms with E-state index in [1.165, 1.54) is 24.3 Å². The van der Waals surface area contributed by atoms with Crippen molar-refractivity contribution >= 4 is 18.4 Å². The van der Waals surface area contributed by atoms with Gasteiger partial charge in [-0.2, -0.15) is 4.98 Å². The zero-order chi connectivity index (χ0) is 16.7. The summed E-state index contributed by atoms with van der Waals surface area (Å²) >= 11 is 0. The first kappa shape index (κ1) is 19.9. The Kier molecular flexibility index (Phi) is 8.14. The lowest BCUT2D eigenvalue weighted by Crippen LogP contribution is -2.30. The fourth-order valence-electron chi connectivity index (χ4n) is 2.00. The molecule has 0 radical (unpaired) electrons. The van der Waals surface area contributed by atoms with Crippen molar-refractivity contribution in [2.45, 2.75) is 26.5 Å². The molecule has 0 spiro atoms. The Morgan fingerprint density at radius 3 is 2.71 bits per heavy atom. The molecule has 0 aliphatic carbocycles. The number of nitrogens with zero attached hydrogens (tertiary/aromatic N) is 3. The molecule has 0 amide bonds. The number of carbonyl (C=O) groups is 1. The number of aliphatic carboxylic acids is 1. The molecule has 0 aliphatic rings. The summed E-state index contributed by atoms with van der Waals surface area (Å²) < 4.78 is 23.3. The number of carboxylic acids is 1. The molecule has 1 aromatic heterocycles.